The van der Waals surface area contributed by atoms with E-state index in [1.807, 2.05) is 24.3 Å². The second-order valence-corrected chi connectivity index (χ2v) is 3.25. The van der Waals surface area contributed by atoms with Gasteiger partial charge in [-0.3, -0.25) is 0 Å². The minimum atomic E-state index is 0.530. The summed E-state index contributed by atoms with van der Waals surface area (Å²) in [5.41, 5.74) is 7.57. The Hall–Kier alpha value is -1.02. The van der Waals surface area contributed by atoms with E-state index in [4.69, 9.17) is 10.5 Å². The Morgan fingerprint density at radius 3 is 2.50 bits per heavy atom. The molecule has 0 spiro atoms. The van der Waals surface area contributed by atoms with Crippen LogP contribution in [0.1, 0.15) is 18.4 Å². The quantitative estimate of drug-likeness (QED) is 0.691. The summed E-state index contributed by atoms with van der Waals surface area (Å²) < 4.78 is 5.54. The summed E-state index contributed by atoms with van der Waals surface area (Å²) >= 11 is 0. The smallest absolute Gasteiger partial charge is 0.0720 e. The van der Waals surface area contributed by atoms with Crippen LogP contribution in [0.2, 0.25) is 0 Å². The van der Waals surface area contributed by atoms with Crippen LogP contribution < -0.4 is 5.73 Å². The largest absolute Gasteiger partial charge is 0.399 e. The number of ether oxygens (including phenoxy) is 1. The first-order valence-electron chi connectivity index (χ1n) is 4.30. The number of rotatable bonds is 3. The minimum Gasteiger partial charge on any atom is -0.399 e. The van der Waals surface area contributed by atoms with Gasteiger partial charge in [-0.25, -0.2) is 0 Å². The number of anilines is 1. The molecule has 2 N–H and O–H groups in total. The highest BCUT2D eigenvalue weighted by atomic mass is 16.5. The molecule has 0 unspecified atom stereocenters. The van der Waals surface area contributed by atoms with E-state index < -0.39 is 0 Å². The topological polar surface area (TPSA) is 35.2 Å². The van der Waals surface area contributed by atoms with Crippen molar-refractivity contribution in [3.63, 3.8) is 0 Å². The molecule has 2 heteroatoms. The predicted octanol–water partition coefficient (Wildman–Crippen LogP) is 1.95. The molecule has 1 aromatic carbocycles. The molecule has 0 amide bonds. The van der Waals surface area contributed by atoms with E-state index in [2.05, 4.69) is 0 Å². The van der Waals surface area contributed by atoms with Crippen LogP contribution >= 0.6 is 0 Å². The molecule has 64 valence electrons. The second kappa shape index (κ2) is 3.15. The van der Waals surface area contributed by atoms with Crippen molar-refractivity contribution in [3.05, 3.63) is 29.8 Å². The third-order valence-electron chi connectivity index (χ3n) is 1.99. The van der Waals surface area contributed by atoms with Gasteiger partial charge in [0.15, 0.2) is 0 Å². The fourth-order valence-corrected chi connectivity index (χ4v) is 1.06. The second-order valence-electron chi connectivity index (χ2n) is 3.25. The number of hydrogen-bond acceptors (Lipinski definition) is 2. The summed E-state index contributed by atoms with van der Waals surface area (Å²) in [5, 5.41) is 0. The maximum absolute atomic E-state index is 5.55. The molecule has 0 radical (unpaired) electrons. The van der Waals surface area contributed by atoms with E-state index in [0.29, 0.717) is 6.10 Å². The van der Waals surface area contributed by atoms with E-state index in [-0.39, 0.29) is 0 Å². The molecule has 1 aromatic rings. The van der Waals surface area contributed by atoms with E-state index in [1.54, 1.807) is 0 Å². The average Bonchev–Trinajstić information content (AvgIpc) is 2.87. The predicted molar refractivity (Wildman–Crippen MR) is 48.7 cm³/mol. The van der Waals surface area contributed by atoms with Crippen molar-refractivity contribution in [1.29, 1.82) is 0 Å². The summed E-state index contributed by atoms with van der Waals surface area (Å²) in [7, 11) is 0. The monoisotopic (exact) mass is 163 g/mol. The molecule has 1 fully saturated rings. The molecule has 1 saturated carbocycles. The van der Waals surface area contributed by atoms with Crippen LogP contribution in [0.4, 0.5) is 5.69 Å². The van der Waals surface area contributed by atoms with E-state index in [1.165, 1.54) is 18.4 Å². The molecule has 12 heavy (non-hydrogen) atoms. The maximum atomic E-state index is 5.55. The maximum Gasteiger partial charge on any atom is 0.0720 e. The zero-order chi connectivity index (χ0) is 8.39. The van der Waals surface area contributed by atoms with Crippen molar-refractivity contribution in [1.82, 2.24) is 0 Å². The molecule has 1 aliphatic carbocycles. The van der Waals surface area contributed by atoms with Gasteiger partial charge < -0.3 is 10.5 Å². The van der Waals surface area contributed by atoms with Gasteiger partial charge in [-0.1, -0.05) is 12.1 Å². The first-order valence-corrected chi connectivity index (χ1v) is 4.30. The lowest BCUT2D eigenvalue weighted by molar-refractivity contribution is 0.106. The van der Waals surface area contributed by atoms with Crippen LogP contribution in [-0.4, -0.2) is 6.10 Å². The van der Waals surface area contributed by atoms with Crippen LogP contribution in [0.5, 0.6) is 0 Å². The Balaban J connectivity index is 1.89. The molecule has 0 heterocycles. The minimum absolute atomic E-state index is 0.530. The summed E-state index contributed by atoms with van der Waals surface area (Å²) in [6.07, 6.45) is 2.99. The van der Waals surface area contributed by atoms with Gasteiger partial charge in [0.2, 0.25) is 0 Å². The molecule has 0 atom stereocenters. The molecule has 1 aliphatic rings. The molecular weight excluding hydrogens is 150 g/mol. The number of nitrogen functional groups attached to an aromatic ring is 1. The standard InChI is InChI=1S/C10H13NO/c11-9-3-1-8(2-4-9)7-12-10-5-6-10/h1-4,10H,5-7,11H2. The molecular formula is C10H13NO. The molecule has 0 aliphatic heterocycles. The lowest BCUT2D eigenvalue weighted by Gasteiger charge is -2.01. The molecule has 2 rings (SSSR count). The van der Waals surface area contributed by atoms with Gasteiger partial charge in [0.1, 0.15) is 0 Å². The Labute approximate surface area is 72.3 Å². The van der Waals surface area contributed by atoms with Gasteiger partial charge in [0.05, 0.1) is 12.7 Å². The van der Waals surface area contributed by atoms with Crippen LogP contribution in [-0.2, 0) is 11.3 Å². The van der Waals surface area contributed by atoms with Gasteiger partial charge in [0.25, 0.3) is 0 Å². The van der Waals surface area contributed by atoms with Crippen molar-refractivity contribution < 1.29 is 4.74 Å². The van der Waals surface area contributed by atoms with Crippen LogP contribution in [0.15, 0.2) is 24.3 Å². The Morgan fingerprint density at radius 2 is 1.92 bits per heavy atom. The summed E-state index contributed by atoms with van der Waals surface area (Å²) in [6, 6.07) is 7.84. The van der Waals surface area contributed by atoms with Gasteiger partial charge >= 0.3 is 0 Å². The van der Waals surface area contributed by atoms with Gasteiger partial charge in [0, 0.05) is 5.69 Å². The Morgan fingerprint density at radius 1 is 1.25 bits per heavy atom. The van der Waals surface area contributed by atoms with E-state index in [9.17, 15) is 0 Å². The zero-order valence-electron chi connectivity index (χ0n) is 6.99. The zero-order valence-corrected chi connectivity index (χ0v) is 6.99. The Kier molecular flexibility index (Phi) is 2.00. The average molecular weight is 163 g/mol. The first kappa shape index (κ1) is 7.62. The number of nitrogens with two attached hydrogens (primary N) is 1. The fourth-order valence-electron chi connectivity index (χ4n) is 1.06. The summed E-state index contributed by atoms with van der Waals surface area (Å²) in [5.74, 6) is 0. The summed E-state index contributed by atoms with van der Waals surface area (Å²) in [4.78, 5) is 0. The van der Waals surface area contributed by atoms with Crippen LogP contribution in [0.25, 0.3) is 0 Å². The normalized spacial score (nSPS) is 16.3. The number of hydrogen-bond donors (Lipinski definition) is 1. The Bertz CT molecular complexity index is 251. The molecule has 0 bridgehead atoms. The van der Waals surface area contributed by atoms with Crippen molar-refractivity contribution in [2.75, 3.05) is 5.73 Å². The molecule has 0 saturated heterocycles. The fraction of sp³-hybridized carbons (Fsp3) is 0.400. The number of benzene rings is 1. The third-order valence-corrected chi connectivity index (χ3v) is 1.99. The highest BCUT2D eigenvalue weighted by Gasteiger charge is 2.21. The third kappa shape index (κ3) is 1.98. The van der Waals surface area contributed by atoms with E-state index >= 15 is 0 Å². The van der Waals surface area contributed by atoms with Gasteiger partial charge in [-0.15, -0.1) is 0 Å². The van der Waals surface area contributed by atoms with Crippen LogP contribution in [0.3, 0.4) is 0 Å². The van der Waals surface area contributed by atoms with Crippen LogP contribution in [0, 0.1) is 0 Å². The van der Waals surface area contributed by atoms with Gasteiger partial charge in [-0.2, -0.15) is 0 Å². The molecule has 0 aromatic heterocycles. The SMILES string of the molecule is Nc1ccc(COC2CC2)cc1. The van der Waals surface area contributed by atoms with Crippen molar-refractivity contribution in [2.45, 2.75) is 25.6 Å². The van der Waals surface area contributed by atoms with E-state index in [0.717, 1.165) is 12.3 Å². The highest BCUT2D eigenvalue weighted by molar-refractivity contribution is 5.39. The lowest BCUT2D eigenvalue weighted by atomic mass is 10.2. The molecule has 2 nitrogen and oxygen atoms in total. The first-order chi connectivity index (χ1) is 5.84. The highest BCUT2D eigenvalue weighted by Crippen LogP contribution is 2.24. The van der Waals surface area contributed by atoms with Crippen molar-refractivity contribution in [2.24, 2.45) is 0 Å². The van der Waals surface area contributed by atoms with Crippen molar-refractivity contribution in [3.8, 4) is 0 Å². The summed E-state index contributed by atoms with van der Waals surface area (Å²) in [6.45, 7) is 0.727. The lowest BCUT2D eigenvalue weighted by Crippen LogP contribution is -1.94. The van der Waals surface area contributed by atoms with Gasteiger partial charge in [-0.05, 0) is 30.5 Å². The van der Waals surface area contributed by atoms with Crippen molar-refractivity contribution >= 4 is 5.69 Å².